The number of sulfonamides is 1. The Morgan fingerprint density at radius 3 is 2.20 bits per heavy atom. The summed E-state index contributed by atoms with van der Waals surface area (Å²) >= 11 is 12.4. The predicted octanol–water partition coefficient (Wildman–Crippen LogP) is 5.56. The minimum Gasteiger partial charge on any atom is -0.691 e. The number of hydrogen-bond acceptors (Lipinski definition) is 8. The molecule has 0 amide bonds. The highest BCUT2D eigenvalue weighted by Gasteiger charge is 2.27. The first-order chi connectivity index (χ1) is 21.3. The summed E-state index contributed by atoms with van der Waals surface area (Å²) in [6.07, 6.45) is 0. The molecule has 238 valence electrons. The Hall–Kier alpha value is -2.35. The van der Waals surface area contributed by atoms with Crippen LogP contribution in [0.1, 0.15) is 27.7 Å². The normalized spacial score (nSPS) is 12.0. The number of anilines is 1. The Balaban J connectivity index is 2.05. The van der Waals surface area contributed by atoms with Crippen molar-refractivity contribution in [3.8, 4) is 22.5 Å². The fraction of sp³-hybridized carbons (Fsp3) is 0.387. The van der Waals surface area contributed by atoms with Gasteiger partial charge in [-0.25, -0.2) is 13.0 Å². The number of fused-ring (bicyclic) bond motifs is 2. The van der Waals surface area contributed by atoms with E-state index in [-0.39, 0.29) is 29.7 Å². The first-order valence-electron chi connectivity index (χ1n) is 14.5. The second-order valence-electron chi connectivity index (χ2n) is 9.84. The lowest BCUT2D eigenvalue weighted by Gasteiger charge is -2.23. The molecule has 0 spiro atoms. The van der Waals surface area contributed by atoms with Gasteiger partial charge in [0, 0.05) is 77.2 Å². The minimum absolute atomic E-state index is 0.00958. The number of alkyl halides is 2. The zero-order chi connectivity index (χ0) is 31.9. The molecule has 0 fully saturated rings. The van der Waals surface area contributed by atoms with Crippen LogP contribution in [0.2, 0.25) is 0 Å². The molecule has 0 saturated heterocycles. The molecule has 1 aliphatic carbocycles. The highest BCUT2D eigenvalue weighted by Crippen LogP contribution is 2.45. The molecule has 0 radical (unpaired) electrons. The lowest BCUT2D eigenvalue weighted by molar-refractivity contribution is -0.777. The second kappa shape index (κ2) is 15.8. The van der Waals surface area contributed by atoms with Crippen LogP contribution in [0.4, 0.5) is 5.69 Å². The summed E-state index contributed by atoms with van der Waals surface area (Å²) in [6.45, 7) is 11.9. The van der Waals surface area contributed by atoms with Gasteiger partial charge in [-0.1, -0.05) is 6.07 Å². The summed E-state index contributed by atoms with van der Waals surface area (Å²) in [6, 6.07) is 16.9. The van der Waals surface area contributed by atoms with Crippen molar-refractivity contribution in [3.63, 3.8) is 0 Å². The maximum atomic E-state index is 13.6. The molecule has 2 aliphatic rings. The average Bonchev–Trinajstić information content (AvgIpc) is 3.03. The summed E-state index contributed by atoms with van der Waals surface area (Å²) < 4.78 is 41.9. The molecule has 0 N–H and O–H groups in total. The van der Waals surface area contributed by atoms with Gasteiger partial charge in [-0.15, -0.1) is 23.2 Å². The van der Waals surface area contributed by atoms with Crippen LogP contribution in [-0.2, 0) is 19.4 Å². The Morgan fingerprint density at radius 1 is 0.909 bits per heavy atom. The molecule has 0 aromatic heterocycles. The van der Waals surface area contributed by atoms with Gasteiger partial charge in [0.2, 0.25) is 15.4 Å². The zero-order valence-electron chi connectivity index (χ0n) is 25.2. The largest absolute Gasteiger partial charge is 0.691 e. The third-order valence-electron chi connectivity index (χ3n) is 7.63. The molecule has 0 atom stereocenters. The molecule has 0 bridgehead atoms. The maximum Gasteiger partial charge on any atom is 0.243 e. The predicted molar refractivity (Wildman–Crippen MR) is 176 cm³/mol. The van der Waals surface area contributed by atoms with Crippen LogP contribution in [0, 0.1) is 0 Å². The van der Waals surface area contributed by atoms with E-state index in [1.807, 2.05) is 36.4 Å². The summed E-state index contributed by atoms with van der Waals surface area (Å²) in [4.78, 5) is 2.61. The molecular formula is C31H37Cl2N3O6S2. The Bertz CT molecular complexity index is 1720. The van der Waals surface area contributed by atoms with Gasteiger partial charge < -0.3 is 14.6 Å². The van der Waals surface area contributed by atoms with Crippen LogP contribution < -0.4 is 20.1 Å². The van der Waals surface area contributed by atoms with Gasteiger partial charge in [0.15, 0.2) is 0 Å². The average molecular weight is 683 g/mol. The SMILES string of the molecule is CCN(CC)c1ccc2c(-c3ccc(S(=O)(=O)N(CCCl)CCCl)cc3SOO[O-])c3ccc(=[N+](CC)CC)cc-3oc2c1. The van der Waals surface area contributed by atoms with Crippen molar-refractivity contribution < 1.29 is 27.5 Å². The molecule has 1 aliphatic heterocycles. The van der Waals surface area contributed by atoms with E-state index in [1.165, 1.54) is 10.4 Å². The monoisotopic (exact) mass is 681 g/mol. The van der Waals surface area contributed by atoms with E-state index in [2.05, 4.69) is 42.2 Å². The first-order valence-corrected chi connectivity index (χ1v) is 17.8. The fourth-order valence-corrected chi connectivity index (χ4v) is 8.09. The Kier molecular flexibility index (Phi) is 12.4. The van der Waals surface area contributed by atoms with Gasteiger partial charge in [0.1, 0.15) is 24.4 Å². The quantitative estimate of drug-likeness (QED) is 0.0402. The van der Waals surface area contributed by atoms with E-state index < -0.39 is 10.0 Å². The minimum atomic E-state index is -3.95. The summed E-state index contributed by atoms with van der Waals surface area (Å²) in [7, 11) is -3.95. The van der Waals surface area contributed by atoms with Crippen molar-refractivity contribution in [1.29, 1.82) is 0 Å². The van der Waals surface area contributed by atoms with Gasteiger partial charge in [-0.3, -0.25) is 5.04 Å². The van der Waals surface area contributed by atoms with Gasteiger partial charge in [0.05, 0.1) is 23.0 Å². The molecule has 1 heterocycles. The number of rotatable bonds is 15. The smallest absolute Gasteiger partial charge is 0.243 e. The van der Waals surface area contributed by atoms with E-state index in [0.717, 1.165) is 53.7 Å². The van der Waals surface area contributed by atoms with Crippen LogP contribution in [0.25, 0.3) is 33.4 Å². The van der Waals surface area contributed by atoms with Crippen molar-refractivity contribution in [3.05, 3.63) is 60.0 Å². The highest BCUT2D eigenvalue weighted by atomic mass is 35.5. The van der Waals surface area contributed by atoms with Crippen molar-refractivity contribution >= 4 is 61.9 Å². The van der Waals surface area contributed by atoms with E-state index in [0.29, 0.717) is 33.8 Å². The highest BCUT2D eigenvalue weighted by molar-refractivity contribution is 7.94. The van der Waals surface area contributed by atoms with Crippen LogP contribution in [0.15, 0.2) is 68.8 Å². The molecular weight excluding hydrogens is 645 g/mol. The van der Waals surface area contributed by atoms with Crippen LogP contribution in [0.5, 0.6) is 0 Å². The van der Waals surface area contributed by atoms with Crippen LogP contribution >= 0.6 is 35.2 Å². The third kappa shape index (κ3) is 7.21. The molecule has 2 aromatic carbocycles. The van der Waals surface area contributed by atoms with E-state index >= 15 is 0 Å². The molecule has 13 heteroatoms. The van der Waals surface area contributed by atoms with Gasteiger partial charge in [-0.2, -0.15) is 8.64 Å². The molecule has 4 rings (SSSR count). The van der Waals surface area contributed by atoms with Crippen molar-refractivity contribution in [2.45, 2.75) is 37.5 Å². The lowest BCUT2D eigenvalue weighted by Crippen LogP contribution is -2.34. The fourth-order valence-electron chi connectivity index (χ4n) is 5.41. The molecule has 0 saturated carbocycles. The zero-order valence-corrected chi connectivity index (χ0v) is 28.4. The second-order valence-corrected chi connectivity index (χ2v) is 13.3. The van der Waals surface area contributed by atoms with Crippen molar-refractivity contribution in [2.24, 2.45) is 0 Å². The summed E-state index contributed by atoms with van der Waals surface area (Å²) in [5, 5.41) is 16.5. The first kappa shape index (κ1) is 34.5. The maximum absolute atomic E-state index is 13.6. The standard InChI is InChI=1S/C31H37Cl2N3O6S2/c1-5-34(6-2)22-9-12-25-28(19-22)40-29-20-23(35(7-3)8-4)10-13-26(29)31(25)27-14-11-24(21-30(27)43-42-41-37)44(38,39)36(17-15-32)18-16-33/h9-14,19-21H,5-8,15-18H2,1-4H3. The topological polar surface area (TPSA) is 98.3 Å². The molecule has 0 unspecified atom stereocenters. The number of nitrogens with zero attached hydrogens (tertiary/aromatic N) is 3. The van der Waals surface area contributed by atoms with Gasteiger partial charge in [0.25, 0.3) is 0 Å². The van der Waals surface area contributed by atoms with Crippen molar-refractivity contribution in [2.75, 3.05) is 55.9 Å². The summed E-state index contributed by atoms with van der Waals surface area (Å²) in [5.74, 6) is 0.886. The molecule has 2 aromatic rings. The lowest BCUT2D eigenvalue weighted by atomic mass is 9.93. The molecule has 9 nitrogen and oxygen atoms in total. The van der Waals surface area contributed by atoms with Crippen LogP contribution in [0.3, 0.4) is 0 Å². The number of halogens is 2. The van der Waals surface area contributed by atoms with E-state index in [1.54, 1.807) is 12.1 Å². The van der Waals surface area contributed by atoms with Gasteiger partial charge >= 0.3 is 0 Å². The third-order valence-corrected chi connectivity index (χ3v) is 10.5. The Morgan fingerprint density at radius 2 is 1.59 bits per heavy atom. The van der Waals surface area contributed by atoms with Crippen LogP contribution in [-0.4, -0.2) is 63.8 Å². The van der Waals surface area contributed by atoms with E-state index in [4.69, 9.17) is 32.0 Å². The Labute approximate surface area is 273 Å². The van der Waals surface area contributed by atoms with Gasteiger partial charge in [-0.05, 0) is 63.6 Å². The summed E-state index contributed by atoms with van der Waals surface area (Å²) in [5.41, 5.74) is 3.95. The number of benzene rings is 3. The molecule has 44 heavy (non-hydrogen) atoms. The van der Waals surface area contributed by atoms with Crippen molar-refractivity contribution in [1.82, 2.24) is 8.88 Å². The number of hydrogen-bond donors (Lipinski definition) is 0. The van der Waals surface area contributed by atoms with E-state index in [9.17, 15) is 13.7 Å².